The summed E-state index contributed by atoms with van der Waals surface area (Å²) in [6, 6.07) is 13.0. The van der Waals surface area contributed by atoms with Crippen LogP contribution in [0.15, 0.2) is 47.4 Å². The van der Waals surface area contributed by atoms with Crippen molar-refractivity contribution in [1.82, 2.24) is 14.5 Å². The van der Waals surface area contributed by atoms with Crippen LogP contribution >= 0.6 is 12.4 Å². The molecule has 2 aromatic carbocycles. The molecule has 1 saturated heterocycles. The molecule has 1 aliphatic heterocycles. The van der Waals surface area contributed by atoms with Gasteiger partial charge in [-0.25, -0.2) is 0 Å². The van der Waals surface area contributed by atoms with Crippen molar-refractivity contribution in [1.29, 1.82) is 0 Å². The molecular formula is C20H24ClN3O2S. The average molecular weight is 406 g/mol. The van der Waals surface area contributed by atoms with Crippen molar-refractivity contribution < 1.29 is 8.42 Å². The second kappa shape index (κ2) is 7.62. The smallest absolute Gasteiger partial charge is 0.283 e. The highest BCUT2D eigenvalue weighted by molar-refractivity contribution is 7.90. The van der Waals surface area contributed by atoms with Crippen LogP contribution in [0, 0.1) is 13.8 Å². The van der Waals surface area contributed by atoms with Crippen molar-refractivity contribution in [3.05, 3.63) is 59.3 Å². The quantitative estimate of drug-likeness (QED) is 0.720. The Morgan fingerprint density at radius 1 is 1.07 bits per heavy atom. The molecule has 144 valence electrons. The molecule has 1 N–H and O–H groups in total. The molecule has 0 atom stereocenters. The van der Waals surface area contributed by atoms with E-state index < -0.39 is 10.0 Å². The molecule has 5 nitrogen and oxygen atoms in total. The summed E-state index contributed by atoms with van der Waals surface area (Å²) in [6.45, 7) is 5.67. The second-order valence-electron chi connectivity index (χ2n) is 7.04. The van der Waals surface area contributed by atoms with E-state index in [1.807, 2.05) is 44.2 Å². The molecule has 4 rings (SSSR count). The van der Waals surface area contributed by atoms with Crippen molar-refractivity contribution in [3.8, 4) is 0 Å². The van der Waals surface area contributed by atoms with E-state index in [1.165, 1.54) is 4.09 Å². The largest absolute Gasteiger partial charge is 0.317 e. The Labute approximate surface area is 166 Å². The summed E-state index contributed by atoms with van der Waals surface area (Å²) in [5, 5.41) is 8.95. The number of halogens is 1. The maximum Gasteiger partial charge on any atom is 0.283 e. The van der Waals surface area contributed by atoms with Gasteiger partial charge in [0.15, 0.2) is 0 Å². The number of nitrogens with one attached hydrogen (secondary N) is 1. The van der Waals surface area contributed by atoms with Crippen molar-refractivity contribution in [2.75, 3.05) is 13.1 Å². The summed E-state index contributed by atoms with van der Waals surface area (Å²) in [4.78, 5) is 0.308. The fourth-order valence-electron chi connectivity index (χ4n) is 3.74. The summed E-state index contributed by atoms with van der Waals surface area (Å²) >= 11 is 0. The van der Waals surface area contributed by atoms with Crippen LogP contribution in [0.4, 0.5) is 0 Å². The Morgan fingerprint density at radius 3 is 2.48 bits per heavy atom. The lowest BCUT2D eigenvalue weighted by atomic mass is 9.92. The molecule has 0 spiro atoms. The molecule has 0 amide bonds. The van der Waals surface area contributed by atoms with Gasteiger partial charge >= 0.3 is 0 Å². The number of aromatic nitrogens is 2. The maximum atomic E-state index is 13.4. The van der Waals surface area contributed by atoms with E-state index in [2.05, 4.69) is 10.4 Å². The Morgan fingerprint density at radius 2 is 1.78 bits per heavy atom. The number of nitrogens with zero attached hydrogens (tertiary/aromatic N) is 2. The summed E-state index contributed by atoms with van der Waals surface area (Å²) < 4.78 is 28.0. The summed E-state index contributed by atoms with van der Waals surface area (Å²) in [5.41, 5.74) is 3.32. The molecule has 7 heteroatoms. The van der Waals surface area contributed by atoms with Gasteiger partial charge in [-0.1, -0.05) is 30.3 Å². The van der Waals surface area contributed by atoms with E-state index in [1.54, 1.807) is 12.1 Å². The molecule has 1 aliphatic rings. The normalized spacial score (nSPS) is 15.6. The minimum absolute atomic E-state index is 0. The number of aryl methyl sites for hydroxylation is 2. The van der Waals surface area contributed by atoms with Gasteiger partial charge in [0.05, 0.1) is 16.1 Å². The number of benzene rings is 2. The van der Waals surface area contributed by atoms with E-state index in [-0.39, 0.29) is 18.3 Å². The van der Waals surface area contributed by atoms with Crippen molar-refractivity contribution in [3.63, 3.8) is 0 Å². The van der Waals surface area contributed by atoms with Gasteiger partial charge in [-0.05, 0) is 63.0 Å². The van der Waals surface area contributed by atoms with Gasteiger partial charge in [0, 0.05) is 11.3 Å². The highest BCUT2D eigenvalue weighted by Crippen LogP contribution is 2.33. The lowest BCUT2D eigenvalue weighted by molar-refractivity contribution is 0.453. The van der Waals surface area contributed by atoms with E-state index >= 15 is 0 Å². The van der Waals surface area contributed by atoms with Crippen LogP contribution in [-0.2, 0) is 10.0 Å². The minimum Gasteiger partial charge on any atom is -0.317 e. The third-order valence-electron chi connectivity index (χ3n) is 5.16. The first-order valence-electron chi connectivity index (χ1n) is 8.99. The lowest BCUT2D eigenvalue weighted by Crippen LogP contribution is -2.27. The number of fused-ring (bicyclic) bond motifs is 1. The van der Waals surface area contributed by atoms with Crippen LogP contribution in [0.25, 0.3) is 10.9 Å². The maximum absolute atomic E-state index is 13.4. The fourth-order valence-corrected chi connectivity index (χ4v) is 5.26. The summed E-state index contributed by atoms with van der Waals surface area (Å²) in [6.07, 6.45) is 1.95. The van der Waals surface area contributed by atoms with Gasteiger partial charge in [0.1, 0.15) is 0 Å². The molecule has 3 aromatic rings. The highest BCUT2D eigenvalue weighted by Gasteiger charge is 2.28. The second-order valence-corrected chi connectivity index (χ2v) is 8.78. The number of hydrogen-bond acceptors (Lipinski definition) is 4. The topological polar surface area (TPSA) is 64.0 Å². The Kier molecular flexibility index (Phi) is 5.60. The molecule has 0 unspecified atom stereocenters. The minimum atomic E-state index is -3.74. The number of rotatable bonds is 3. The average Bonchev–Trinajstić information content (AvgIpc) is 3.02. The molecular weight excluding hydrogens is 382 g/mol. The van der Waals surface area contributed by atoms with Gasteiger partial charge in [0.25, 0.3) is 10.0 Å². The third-order valence-corrected chi connectivity index (χ3v) is 6.91. The third kappa shape index (κ3) is 3.49. The van der Waals surface area contributed by atoms with Gasteiger partial charge in [-0.3, -0.25) is 0 Å². The Hall–Kier alpha value is -1.89. The predicted molar refractivity (Wildman–Crippen MR) is 110 cm³/mol. The zero-order valence-corrected chi connectivity index (χ0v) is 17.1. The zero-order valence-electron chi connectivity index (χ0n) is 15.5. The molecule has 2 heterocycles. The molecule has 0 bridgehead atoms. The Bertz CT molecular complexity index is 1070. The Balaban J connectivity index is 0.00000210. The van der Waals surface area contributed by atoms with E-state index in [9.17, 15) is 8.42 Å². The van der Waals surface area contributed by atoms with Crippen molar-refractivity contribution >= 4 is 33.3 Å². The molecule has 1 aromatic heterocycles. The van der Waals surface area contributed by atoms with E-state index in [0.29, 0.717) is 10.4 Å². The first-order valence-corrected chi connectivity index (χ1v) is 10.4. The lowest BCUT2D eigenvalue weighted by Gasteiger charge is -2.21. The van der Waals surface area contributed by atoms with Gasteiger partial charge in [-0.15, -0.1) is 12.4 Å². The van der Waals surface area contributed by atoms with Crippen LogP contribution in [0.5, 0.6) is 0 Å². The zero-order chi connectivity index (χ0) is 18.3. The van der Waals surface area contributed by atoms with Crippen molar-refractivity contribution in [2.24, 2.45) is 0 Å². The molecule has 0 saturated carbocycles. The number of piperidine rings is 1. The first-order chi connectivity index (χ1) is 12.5. The van der Waals surface area contributed by atoms with Crippen LogP contribution in [0.2, 0.25) is 0 Å². The van der Waals surface area contributed by atoms with Crippen LogP contribution in [0.3, 0.4) is 0 Å². The molecule has 0 aliphatic carbocycles. The van der Waals surface area contributed by atoms with Crippen LogP contribution < -0.4 is 5.32 Å². The molecule has 0 radical (unpaired) electrons. The summed E-state index contributed by atoms with van der Waals surface area (Å²) in [7, 11) is -3.74. The van der Waals surface area contributed by atoms with Gasteiger partial charge in [0.2, 0.25) is 0 Å². The highest BCUT2D eigenvalue weighted by atomic mass is 35.5. The molecule has 1 fully saturated rings. The number of hydrogen-bond donors (Lipinski definition) is 1. The van der Waals surface area contributed by atoms with E-state index in [4.69, 9.17) is 0 Å². The van der Waals surface area contributed by atoms with E-state index in [0.717, 1.165) is 48.1 Å². The van der Waals surface area contributed by atoms with Crippen LogP contribution in [-0.4, -0.2) is 30.7 Å². The first kappa shape index (κ1) is 19.9. The summed E-state index contributed by atoms with van der Waals surface area (Å²) in [5.74, 6) is 0.287. The van der Waals surface area contributed by atoms with Crippen LogP contribution in [0.1, 0.15) is 35.6 Å². The molecule has 27 heavy (non-hydrogen) atoms. The predicted octanol–water partition coefficient (Wildman–Crippen LogP) is 3.78. The SMILES string of the molecule is Cc1ccc2c(C3CCNCC3)nn(S(=O)(=O)c3ccccc3C)c2c1.Cl. The van der Waals surface area contributed by atoms with Gasteiger partial charge in [-0.2, -0.15) is 17.6 Å². The standard InChI is InChI=1S/C20H23N3O2S.ClH/c1-14-7-8-17-18(13-14)23(22-20(17)16-9-11-21-12-10-16)26(24,25)19-6-4-3-5-15(19)2;/h3-8,13,16,21H,9-12H2,1-2H3;1H. The fraction of sp³-hybridized carbons (Fsp3) is 0.350. The van der Waals surface area contributed by atoms with Crippen molar-refractivity contribution in [2.45, 2.75) is 37.5 Å². The monoisotopic (exact) mass is 405 g/mol. The van der Waals surface area contributed by atoms with Gasteiger partial charge < -0.3 is 5.32 Å².